The average molecular weight is 466 g/mol. The Kier molecular flexibility index (Phi) is 6.89. The van der Waals surface area contributed by atoms with Crippen LogP contribution in [0.3, 0.4) is 0 Å². The first-order valence-corrected chi connectivity index (χ1v) is 12.5. The summed E-state index contributed by atoms with van der Waals surface area (Å²) in [5.74, 6) is 0.703. The van der Waals surface area contributed by atoms with E-state index in [2.05, 4.69) is 10.6 Å². The number of halogens is 2. The zero-order chi connectivity index (χ0) is 20.5. The smallest absolute Gasteiger partial charge is 0.244 e. The van der Waals surface area contributed by atoms with Gasteiger partial charge < -0.3 is 5.32 Å². The third kappa shape index (κ3) is 4.63. The minimum atomic E-state index is -3.71. The van der Waals surface area contributed by atoms with E-state index in [1.54, 1.807) is 17.8 Å². The van der Waals surface area contributed by atoms with Gasteiger partial charge in [-0.1, -0.05) is 30.1 Å². The molecule has 1 spiro atoms. The van der Waals surface area contributed by atoms with Gasteiger partial charge in [-0.25, -0.2) is 8.42 Å². The van der Waals surface area contributed by atoms with Gasteiger partial charge in [-0.3, -0.25) is 10.1 Å². The fraction of sp³-hybridized carbons (Fsp3) is 0.611. The zero-order valence-electron chi connectivity index (χ0n) is 15.9. The predicted molar refractivity (Wildman–Crippen MR) is 114 cm³/mol. The lowest BCUT2D eigenvalue weighted by molar-refractivity contribution is -0.123. The number of carbonyl (C=O) groups excluding carboxylic acids is 1. The Morgan fingerprint density at radius 2 is 2.07 bits per heavy atom. The van der Waals surface area contributed by atoms with Gasteiger partial charge in [0.25, 0.3) is 0 Å². The van der Waals surface area contributed by atoms with Crippen molar-refractivity contribution in [2.75, 3.05) is 18.8 Å². The highest BCUT2D eigenvalue weighted by atomic mass is 35.5. The number of carbonyl (C=O) groups is 1. The Bertz CT molecular complexity index is 842. The van der Waals surface area contributed by atoms with Crippen molar-refractivity contribution in [3.63, 3.8) is 0 Å². The van der Waals surface area contributed by atoms with Crippen LogP contribution in [0.1, 0.15) is 33.1 Å². The Labute approximate surface area is 180 Å². The molecule has 10 heteroatoms. The van der Waals surface area contributed by atoms with Crippen molar-refractivity contribution in [1.82, 2.24) is 14.9 Å². The van der Waals surface area contributed by atoms with E-state index in [1.807, 2.05) is 13.8 Å². The van der Waals surface area contributed by atoms with Crippen LogP contribution < -0.4 is 10.6 Å². The van der Waals surface area contributed by atoms with Crippen molar-refractivity contribution >= 4 is 50.9 Å². The normalized spacial score (nSPS) is 23.6. The molecule has 156 valence electrons. The highest BCUT2D eigenvalue weighted by Crippen LogP contribution is 2.40. The molecule has 0 bridgehead atoms. The van der Waals surface area contributed by atoms with Gasteiger partial charge in [0, 0.05) is 29.9 Å². The minimum absolute atomic E-state index is 0.0134. The van der Waals surface area contributed by atoms with E-state index in [-0.39, 0.29) is 32.8 Å². The van der Waals surface area contributed by atoms with Crippen LogP contribution in [0, 0.1) is 0 Å². The molecule has 1 amide bonds. The highest BCUT2D eigenvalue weighted by molar-refractivity contribution is 8.01. The van der Waals surface area contributed by atoms with E-state index in [0.29, 0.717) is 36.7 Å². The summed E-state index contributed by atoms with van der Waals surface area (Å²) < 4.78 is 27.4. The summed E-state index contributed by atoms with van der Waals surface area (Å²) in [6, 6.07) is 4.35. The molecule has 0 aromatic heterocycles. The lowest BCUT2D eigenvalue weighted by atomic mass is 10.0. The number of sulfonamides is 1. The number of hydrogen-bond acceptors (Lipinski definition) is 5. The van der Waals surface area contributed by atoms with Gasteiger partial charge in [0.2, 0.25) is 15.9 Å². The van der Waals surface area contributed by atoms with Crippen molar-refractivity contribution in [2.24, 2.45) is 0 Å². The maximum absolute atomic E-state index is 13.0. The standard InChI is InChI=1S/C18H25Cl2N3O3S2/c1-3-12(2)21-17(24)15-11-27-18(22-15)6-8-23(9-7-18)28(25,26)16-10-13(19)4-5-14(16)20/h4-5,10,12,15,22H,3,6-9,11H2,1-2H3,(H,21,24). The van der Waals surface area contributed by atoms with Gasteiger partial charge in [-0.2, -0.15) is 4.31 Å². The molecule has 0 aliphatic carbocycles. The van der Waals surface area contributed by atoms with Crippen LogP contribution in [0.2, 0.25) is 10.0 Å². The molecule has 28 heavy (non-hydrogen) atoms. The third-order valence-electron chi connectivity index (χ3n) is 5.32. The summed E-state index contributed by atoms with van der Waals surface area (Å²) in [5, 5.41) is 6.96. The number of rotatable bonds is 5. The molecule has 1 aromatic carbocycles. The van der Waals surface area contributed by atoms with Crippen LogP contribution in [0.25, 0.3) is 0 Å². The van der Waals surface area contributed by atoms with Gasteiger partial charge >= 0.3 is 0 Å². The van der Waals surface area contributed by atoms with Crippen LogP contribution >= 0.6 is 35.0 Å². The number of nitrogens with zero attached hydrogens (tertiary/aromatic N) is 1. The Balaban J connectivity index is 1.65. The third-order valence-corrected chi connectivity index (χ3v) is 9.52. The van der Waals surface area contributed by atoms with E-state index in [9.17, 15) is 13.2 Å². The molecule has 2 fully saturated rings. The van der Waals surface area contributed by atoms with E-state index >= 15 is 0 Å². The Hall–Kier alpha value is -0.510. The predicted octanol–water partition coefficient (Wildman–Crippen LogP) is 3.09. The van der Waals surface area contributed by atoms with Gasteiger partial charge in [0.05, 0.1) is 15.9 Å². The molecule has 1 aromatic rings. The SMILES string of the molecule is CCC(C)NC(=O)C1CSC2(CCN(S(=O)(=O)c3cc(Cl)ccc3Cl)CC2)N1. The van der Waals surface area contributed by atoms with Crippen molar-refractivity contribution < 1.29 is 13.2 Å². The van der Waals surface area contributed by atoms with Crippen LogP contribution in [-0.4, -0.2) is 54.4 Å². The number of thioether (sulfide) groups is 1. The van der Waals surface area contributed by atoms with E-state index < -0.39 is 10.0 Å². The van der Waals surface area contributed by atoms with Gasteiger partial charge in [-0.05, 0) is 44.4 Å². The summed E-state index contributed by atoms with van der Waals surface area (Å²) in [6.07, 6.45) is 2.14. The molecular weight excluding hydrogens is 441 g/mol. The molecule has 2 atom stereocenters. The van der Waals surface area contributed by atoms with Gasteiger partial charge in [-0.15, -0.1) is 11.8 Å². The minimum Gasteiger partial charge on any atom is -0.352 e. The molecule has 6 nitrogen and oxygen atoms in total. The second-order valence-corrected chi connectivity index (χ2v) is 11.5. The monoisotopic (exact) mass is 465 g/mol. The molecule has 2 heterocycles. The number of piperidine rings is 1. The fourth-order valence-electron chi connectivity index (χ4n) is 3.42. The summed E-state index contributed by atoms with van der Waals surface area (Å²) in [7, 11) is -3.71. The molecule has 2 N–H and O–H groups in total. The second kappa shape index (κ2) is 8.70. The lowest BCUT2D eigenvalue weighted by Crippen LogP contribution is -2.55. The van der Waals surface area contributed by atoms with Crippen LogP contribution in [0.4, 0.5) is 0 Å². The molecular formula is C18H25Cl2N3O3S2. The fourth-order valence-corrected chi connectivity index (χ4v) is 7.02. The molecule has 2 unspecified atom stereocenters. The number of hydrogen-bond donors (Lipinski definition) is 2. The molecule has 3 rings (SSSR count). The van der Waals surface area contributed by atoms with Crippen LogP contribution in [-0.2, 0) is 14.8 Å². The van der Waals surface area contributed by atoms with Crippen molar-refractivity contribution in [1.29, 1.82) is 0 Å². The summed E-state index contributed by atoms with van der Waals surface area (Å²) >= 11 is 13.8. The largest absolute Gasteiger partial charge is 0.352 e. The molecule has 2 saturated heterocycles. The summed E-state index contributed by atoms with van der Waals surface area (Å²) in [6.45, 7) is 4.75. The number of nitrogens with one attached hydrogen (secondary N) is 2. The second-order valence-electron chi connectivity index (χ2n) is 7.30. The molecule has 0 saturated carbocycles. The topological polar surface area (TPSA) is 78.5 Å². The van der Waals surface area contributed by atoms with Gasteiger partial charge in [0.15, 0.2) is 0 Å². The quantitative estimate of drug-likeness (QED) is 0.698. The summed E-state index contributed by atoms with van der Waals surface area (Å²) in [5.41, 5.74) is 0. The lowest BCUT2D eigenvalue weighted by Gasteiger charge is -2.38. The van der Waals surface area contributed by atoms with Crippen molar-refractivity contribution in [3.8, 4) is 0 Å². The van der Waals surface area contributed by atoms with Gasteiger partial charge in [0.1, 0.15) is 4.90 Å². The first kappa shape index (κ1) is 22.2. The molecule has 0 radical (unpaired) electrons. The molecule has 2 aliphatic heterocycles. The van der Waals surface area contributed by atoms with E-state index in [4.69, 9.17) is 23.2 Å². The maximum atomic E-state index is 13.0. The molecule has 2 aliphatic rings. The maximum Gasteiger partial charge on any atom is 0.244 e. The Morgan fingerprint density at radius 3 is 2.71 bits per heavy atom. The highest BCUT2D eigenvalue weighted by Gasteiger charge is 2.46. The number of benzene rings is 1. The van der Waals surface area contributed by atoms with Crippen molar-refractivity contribution in [2.45, 2.75) is 55.0 Å². The summed E-state index contributed by atoms with van der Waals surface area (Å²) in [4.78, 5) is 12.2. The number of amides is 1. The average Bonchev–Trinajstić information content (AvgIpc) is 3.07. The van der Waals surface area contributed by atoms with E-state index in [0.717, 1.165) is 6.42 Å². The van der Waals surface area contributed by atoms with Crippen molar-refractivity contribution in [3.05, 3.63) is 28.2 Å². The van der Waals surface area contributed by atoms with Crippen LogP contribution in [0.15, 0.2) is 23.1 Å². The zero-order valence-corrected chi connectivity index (χ0v) is 19.0. The Morgan fingerprint density at radius 1 is 1.39 bits per heavy atom. The van der Waals surface area contributed by atoms with Crippen LogP contribution in [0.5, 0.6) is 0 Å². The first-order chi connectivity index (χ1) is 13.2. The first-order valence-electron chi connectivity index (χ1n) is 9.34. The van der Waals surface area contributed by atoms with E-state index in [1.165, 1.54) is 16.4 Å².